The SMILES string of the molecule is Nc1cccc(Nc2ncnc3c2C(=O)CC=N3)c1. The minimum atomic E-state index is -0.0444. The van der Waals surface area contributed by atoms with Crippen molar-refractivity contribution in [2.75, 3.05) is 11.1 Å². The number of ketones is 1. The molecule has 3 N–H and O–H groups in total. The molecule has 1 aliphatic heterocycles. The van der Waals surface area contributed by atoms with Crippen LogP contribution in [-0.2, 0) is 0 Å². The Balaban J connectivity index is 2.02. The van der Waals surface area contributed by atoms with Gasteiger partial charge in [0.25, 0.3) is 0 Å². The molecule has 0 saturated carbocycles. The first-order chi connectivity index (χ1) is 9.24. The summed E-state index contributed by atoms with van der Waals surface area (Å²) in [5, 5.41) is 3.08. The molecule has 0 bridgehead atoms. The van der Waals surface area contributed by atoms with Crippen LogP contribution in [0.25, 0.3) is 0 Å². The highest BCUT2D eigenvalue weighted by atomic mass is 16.1. The average molecular weight is 253 g/mol. The van der Waals surface area contributed by atoms with Gasteiger partial charge >= 0.3 is 0 Å². The Labute approximate surface area is 109 Å². The highest BCUT2D eigenvalue weighted by molar-refractivity contribution is 6.12. The number of hydrogen-bond donors (Lipinski definition) is 2. The van der Waals surface area contributed by atoms with Gasteiger partial charge < -0.3 is 11.1 Å². The minimum Gasteiger partial charge on any atom is -0.399 e. The second-order valence-electron chi connectivity index (χ2n) is 4.11. The predicted octanol–water partition coefficient (Wildman–Crippen LogP) is 2.09. The van der Waals surface area contributed by atoms with E-state index in [4.69, 9.17) is 5.73 Å². The molecular weight excluding hydrogens is 242 g/mol. The van der Waals surface area contributed by atoms with Gasteiger partial charge in [-0.2, -0.15) is 0 Å². The zero-order valence-electron chi connectivity index (χ0n) is 10.00. The Morgan fingerprint density at radius 1 is 1.26 bits per heavy atom. The summed E-state index contributed by atoms with van der Waals surface area (Å²) < 4.78 is 0. The molecule has 2 heterocycles. The van der Waals surface area contributed by atoms with Crippen molar-refractivity contribution < 1.29 is 4.79 Å². The van der Waals surface area contributed by atoms with Crippen LogP contribution in [0.3, 0.4) is 0 Å². The third-order valence-corrected chi connectivity index (χ3v) is 2.75. The van der Waals surface area contributed by atoms with Crippen LogP contribution in [0.4, 0.5) is 23.0 Å². The number of hydrogen-bond acceptors (Lipinski definition) is 6. The third-order valence-electron chi connectivity index (χ3n) is 2.75. The van der Waals surface area contributed by atoms with Crippen LogP contribution in [0.5, 0.6) is 0 Å². The number of carbonyl (C=O) groups excluding carboxylic acids is 1. The summed E-state index contributed by atoms with van der Waals surface area (Å²) in [6, 6.07) is 7.23. The molecule has 0 unspecified atom stereocenters. The number of nitrogen functional groups attached to an aromatic ring is 1. The second-order valence-corrected chi connectivity index (χ2v) is 4.11. The number of benzene rings is 1. The minimum absolute atomic E-state index is 0.0444. The van der Waals surface area contributed by atoms with Crippen LogP contribution in [0.1, 0.15) is 16.8 Å². The van der Waals surface area contributed by atoms with Gasteiger partial charge in [0, 0.05) is 24.0 Å². The average Bonchev–Trinajstić information content (AvgIpc) is 2.39. The van der Waals surface area contributed by atoms with Crippen molar-refractivity contribution in [2.24, 2.45) is 4.99 Å². The van der Waals surface area contributed by atoms with Crippen molar-refractivity contribution in [1.29, 1.82) is 0 Å². The molecule has 0 amide bonds. The number of nitrogens with one attached hydrogen (secondary N) is 1. The highest BCUT2D eigenvalue weighted by Gasteiger charge is 2.21. The molecule has 1 aromatic carbocycles. The third kappa shape index (κ3) is 2.15. The van der Waals surface area contributed by atoms with E-state index in [1.54, 1.807) is 18.3 Å². The lowest BCUT2D eigenvalue weighted by Crippen LogP contribution is -2.10. The number of Topliss-reactive ketones (excluding diaryl/α,β-unsaturated/α-hetero) is 1. The van der Waals surface area contributed by atoms with E-state index in [1.165, 1.54) is 6.33 Å². The largest absolute Gasteiger partial charge is 0.399 e. The molecule has 2 aromatic rings. The van der Waals surface area contributed by atoms with E-state index in [9.17, 15) is 4.79 Å². The maximum Gasteiger partial charge on any atom is 0.175 e. The maximum absolute atomic E-state index is 11.9. The van der Waals surface area contributed by atoms with Gasteiger partial charge in [0.1, 0.15) is 17.7 Å². The number of aliphatic imine (C=N–C) groups is 1. The van der Waals surface area contributed by atoms with Gasteiger partial charge in [0.2, 0.25) is 0 Å². The summed E-state index contributed by atoms with van der Waals surface area (Å²) in [4.78, 5) is 24.1. The Hall–Kier alpha value is -2.76. The van der Waals surface area contributed by atoms with Crippen molar-refractivity contribution in [3.8, 4) is 0 Å². The quantitative estimate of drug-likeness (QED) is 0.799. The van der Waals surface area contributed by atoms with E-state index in [1.807, 2.05) is 12.1 Å². The number of carbonyl (C=O) groups is 1. The molecule has 3 rings (SSSR count). The van der Waals surface area contributed by atoms with Crippen LogP contribution in [-0.4, -0.2) is 22.0 Å². The van der Waals surface area contributed by atoms with Crippen molar-refractivity contribution in [3.05, 3.63) is 36.2 Å². The molecule has 0 saturated heterocycles. The van der Waals surface area contributed by atoms with E-state index < -0.39 is 0 Å². The van der Waals surface area contributed by atoms with E-state index in [-0.39, 0.29) is 12.2 Å². The zero-order valence-corrected chi connectivity index (χ0v) is 10.00. The summed E-state index contributed by atoms with van der Waals surface area (Å²) in [5.41, 5.74) is 7.54. The molecule has 6 nitrogen and oxygen atoms in total. The normalized spacial score (nSPS) is 13.2. The first kappa shape index (κ1) is 11.3. The number of anilines is 3. The van der Waals surface area contributed by atoms with E-state index in [0.717, 1.165) is 5.69 Å². The summed E-state index contributed by atoms with van der Waals surface area (Å²) in [5.74, 6) is 0.812. The maximum atomic E-state index is 11.9. The van der Waals surface area contributed by atoms with Crippen LogP contribution in [0, 0.1) is 0 Å². The van der Waals surface area contributed by atoms with Crippen LogP contribution in [0.2, 0.25) is 0 Å². The highest BCUT2D eigenvalue weighted by Crippen LogP contribution is 2.28. The van der Waals surface area contributed by atoms with Crippen molar-refractivity contribution >= 4 is 35.0 Å². The number of rotatable bonds is 2. The Morgan fingerprint density at radius 2 is 2.16 bits per heavy atom. The van der Waals surface area contributed by atoms with Gasteiger partial charge in [-0.1, -0.05) is 6.07 Å². The Kier molecular flexibility index (Phi) is 2.68. The summed E-state index contributed by atoms with van der Waals surface area (Å²) in [6.45, 7) is 0. The molecule has 0 atom stereocenters. The molecule has 0 spiro atoms. The summed E-state index contributed by atoms with van der Waals surface area (Å²) in [6.07, 6.45) is 3.21. The van der Waals surface area contributed by atoms with Gasteiger partial charge in [-0.15, -0.1) is 0 Å². The van der Waals surface area contributed by atoms with E-state index in [2.05, 4.69) is 20.3 Å². The topological polar surface area (TPSA) is 93.3 Å². The van der Waals surface area contributed by atoms with Gasteiger partial charge in [0.05, 0.1) is 0 Å². The van der Waals surface area contributed by atoms with Gasteiger partial charge in [-0.25, -0.2) is 15.0 Å². The van der Waals surface area contributed by atoms with Crippen molar-refractivity contribution in [1.82, 2.24) is 9.97 Å². The lowest BCUT2D eigenvalue weighted by atomic mass is 10.1. The first-order valence-electron chi connectivity index (χ1n) is 5.77. The van der Waals surface area contributed by atoms with Crippen LogP contribution in [0.15, 0.2) is 35.6 Å². The lowest BCUT2D eigenvalue weighted by Gasteiger charge is -2.13. The van der Waals surface area contributed by atoms with Crippen molar-refractivity contribution in [2.45, 2.75) is 6.42 Å². The van der Waals surface area contributed by atoms with Crippen LogP contribution < -0.4 is 11.1 Å². The molecule has 0 radical (unpaired) electrons. The monoisotopic (exact) mass is 253 g/mol. The molecule has 19 heavy (non-hydrogen) atoms. The smallest absolute Gasteiger partial charge is 0.175 e. The zero-order chi connectivity index (χ0) is 13.2. The molecular formula is C13H11N5O. The fourth-order valence-corrected chi connectivity index (χ4v) is 1.90. The Bertz CT molecular complexity index is 680. The molecule has 0 aliphatic carbocycles. The standard InChI is InChI=1S/C13H11N5O/c14-8-2-1-3-9(6-8)18-13-11-10(19)4-5-15-12(11)16-7-17-13/h1-3,5-7H,4,14H2,(H,16,17,18). The first-order valence-corrected chi connectivity index (χ1v) is 5.77. The molecule has 0 fully saturated rings. The summed E-state index contributed by atoms with van der Waals surface area (Å²) in [7, 11) is 0. The number of aromatic nitrogens is 2. The molecule has 1 aromatic heterocycles. The number of nitrogens with zero attached hydrogens (tertiary/aromatic N) is 3. The Morgan fingerprint density at radius 3 is 3.00 bits per heavy atom. The van der Waals surface area contributed by atoms with Gasteiger partial charge in [-0.3, -0.25) is 4.79 Å². The molecule has 1 aliphatic rings. The van der Waals surface area contributed by atoms with Crippen LogP contribution >= 0.6 is 0 Å². The van der Waals surface area contributed by atoms with E-state index >= 15 is 0 Å². The number of fused-ring (bicyclic) bond motifs is 1. The second kappa shape index (κ2) is 4.49. The molecule has 6 heteroatoms. The fraction of sp³-hybridized carbons (Fsp3) is 0.0769. The van der Waals surface area contributed by atoms with E-state index in [0.29, 0.717) is 22.9 Å². The lowest BCUT2D eigenvalue weighted by molar-refractivity contribution is 0.100. The fourth-order valence-electron chi connectivity index (χ4n) is 1.90. The molecule has 94 valence electrons. The van der Waals surface area contributed by atoms with Crippen molar-refractivity contribution in [3.63, 3.8) is 0 Å². The number of nitrogens with two attached hydrogens (primary N) is 1. The van der Waals surface area contributed by atoms with Gasteiger partial charge in [-0.05, 0) is 18.2 Å². The predicted molar refractivity (Wildman–Crippen MR) is 73.3 cm³/mol. The van der Waals surface area contributed by atoms with Gasteiger partial charge in [0.15, 0.2) is 11.6 Å². The summed E-state index contributed by atoms with van der Waals surface area (Å²) >= 11 is 0.